The lowest BCUT2D eigenvalue weighted by atomic mass is 10.1. The Morgan fingerprint density at radius 3 is 2.58 bits per heavy atom. The minimum absolute atomic E-state index is 0.224. The zero-order chi connectivity index (χ0) is 16.9. The van der Waals surface area contributed by atoms with Crippen molar-refractivity contribution in [1.29, 1.82) is 0 Å². The summed E-state index contributed by atoms with van der Waals surface area (Å²) in [6, 6.07) is 12.5. The van der Waals surface area contributed by atoms with Crippen LogP contribution in [0.4, 0.5) is 4.79 Å². The molecule has 3 rings (SSSR count). The molecule has 2 heterocycles. The number of furan rings is 1. The molecule has 0 aliphatic rings. The predicted molar refractivity (Wildman–Crippen MR) is 90.3 cm³/mol. The molecule has 0 spiro atoms. The van der Waals surface area contributed by atoms with E-state index in [9.17, 15) is 4.79 Å². The molecule has 0 bridgehead atoms. The topological polar surface area (TPSA) is 72.1 Å². The summed E-state index contributed by atoms with van der Waals surface area (Å²) in [5.74, 6) is 1.47. The highest BCUT2D eigenvalue weighted by atomic mass is 16.3. The molecule has 1 aromatic carbocycles. The molecule has 6 nitrogen and oxygen atoms in total. The largest absolute Gasteiger partial charge is 0.467 e. The van der Waals surface area contributed by atoms with Crippen molar-refractivity contribution in [3.05, 3.63) is 78.3 Å². The van der Waals surface area contributed by atoms with Crippen molar-refractivity contribution in [2.75, 3.05) is 0 Å². The van der Waals surface area contributed by atoms with E-state index in [0.717, 1.165) is 11.4 Å². The highest BCUT2D eigenvalue weighted by molar-refractivity contribution is 5.75. The van der Waals surface area contributed by atoms with Crippen LogP contribution >= 0.6 is 0 Å². The summed E-state index contributed by atoms with van der Waals surface area (Å²) in [7, 11) is 1.91. The van der Waals surface area contributed by atoms with Crippen molar-refractivity contribution in [3.63, 3.8) is 0 Å². The van der Waals surface area contributed by atoms with Crippen LogP contribution in [0.25, 0.3) is 0 Å². The summed E-state index contributed by atoms with van der Waals surface area (Å²) in [5, 5.41) is 5.88. The number of rotatable bonds is 5. The molecular weight excluding hydrogens is 304 g/mol. The molecule has 24 heavy (non-hydrogen) atoms. The first-order valence-electron chi connectivity index (χ1n) is 7.77. The molecule has 0 saturated carbocycles. The Bertz CT molecular complexity index is 780. The van der Waals surface area contributed by atoms with Gasteiger partial charge >= 0.3 is 6.03 Å². The molecule has 2 atom stereocenters. The van der Waals surface area contributed by atoms with Crippen molar-refractivity contribution >= 4 is 6.03 Å². The molecule has 0 radical (unpaired) electrons. The lowest BCUT2D eigenvalue weighted by molar-refractivity contribution is 0.233. The van der Waals surface area contributed by atoms with Crippen LogP contribution in [-0.4, -0.2) is 15.6 Å². The van der Waals surface area contributed by atoms with Crippen LogP contribution in [0.15, 0.2) is 65.5 Å². The fraction of sp³-hybridized carbons (Fsp3) is 0.222. The summed E-state index contributed by atoms with van der Waals surface area (Å²) in [5.41, 5.74) is 0.965. The minimum Gasteiger partial charge on any atom is -0.467 e. The third-order valence-electron chi connectivity index (χ3n) is 3.84. The summed E-state index contributed by atoms with van der Waals surface area (Å²) >= 11 is 0. The Kier molecular flexibility index (Phi) is 4.65. The summed E-state index contributed by atoms with van der Waals surface area (Å²) < 4.78 is 7.21. The van der Waals surface area contributed by atoms with Gasteiger partial charge in [0.2, 0.25) is 0 Å². The Morgan fingerprint density at radius 1 is 1.17 bits per heavy atom. The maximum atomic E-state index is 12.4. The van der Waals surface area contributed by atoms with Crippen molar-refractivity contribution in [3.8, 4) is 0 Å². The first kappa shape index (κ1) is 15.9. The van der Waals surface area contributed by atoms with Gasteiger partial charge in [-0.15, -0.1) is 0 Å². The highest BCUT2D eigenvalue weighted by Crippen LogP contribution is 2.20. The second-order valence-electron chi connectivity index (χ2n) is 5.59. The van der Waals surface area contributed by atoms with Gasteiger partial charge < -0.3 is 19.6 Å². The van der Waals surface area contributed by atoms with Gasteiger partial charge in [0.1, 0.15) is 17.6 Å². The average molecular weight is 324 g/mol. The number of hydrogen-bond donors (Lipinski definition) is 2. The number of carbonyl (C=O) groups is 1. The van der Waals surface area contributed by atoms with Crippen LogP contribution in [0.5, 0.6) is 0 Å². The van der Waals surface area contributed by atoms with Gasteiger partial charge in [-0.2, -0.15) is 0 Å². The molecular formula is C18H20N4O2. The first-order valence-corrected chi connectivity index (χ1v) is 7.77. The maximum Gasteiger partial charge on any atom is 0.316 e. The third-order valence-corrected chi connectivity index (χ3v) is 3.84. The van der Waals surface area contributed by atoms with Crippen LogP contribution in [0, 0.1) is 0 Å². The third kappa shape index (κ3) is 3.48. The molecule has 6 heteroatoms. The van der Waals surface area contributed by atoms with Crippen LogP contribution in [0.3, 0.4) is 0 Å². The Morgan fingerprint density at radius 2 is 1.96 bits per heavy atom. The summed E-state index contributed by atoms with van der Waals surface area (Å²) in [4.78, 5) is 16.8. The lowest BCUT2D eigenvalue weighted by Crippen LogP contribution is -2.40. The van der Waals surface area contributed by atoms with E-state index in [1.165, 1.54) is 0 Å². The maximum absolute atomic E-state index is 12.4. The Hall–Kier alpha value is -3.02. The number of aryl methyl sites for hydroxylation is 1. The fourth-order valence-corrected chi connectivity index (χ4v) is 2.58. The molecule has 2 amide bonds. The molecule has 3 aromatic rings. The monoisotopic (exact) mass is 324 g/mol. The number of amides is 2. The first-order chi connectivity index (χ1) is 11.6. The van der Waals surface area contributed by atoms with E-state index in [2.05, 4.69) is 15.6 Å². The van der Waals surface area contributed by atoms with E-state index in [0.29, 0.717) is 5.76 Å². The van der Waals surface area contributed by atoms with Gasteiger partial charge in [-0.25, -0.2) is 9.78 Å². The second kappa shape index (κ2) is 7.04. The van der Waals surface area contributed by atoms with Gasteiger partial charge in [-0.3, -0.25) is 0 Å². The van der Waals surface area contributed by atoms with Gasteiger partial charge in [-0.1, -0.05) is 30.3 Å². The number of nitrogens with zero attached hydrogens (tertiary/aromatic N) is 2. The van der Waals surface area contributed by atoms with E-state index in [4.69, 9.17) is 4.42 Å². The van der Waals surface area contributed by atoms with Crippen LogP contribution in [0.2, 0.25) is 0 Å². The zero-order valence-electron chi connectivity index (χ0n) is 13.6. The number of benzene rings is 1. The molecule has 2 N–H and O–H groups in total. The Labute approximate surface area is 140 Å². The van der Waals surface area contributed by atoms with E-state index in [-0.39, 0.29) is 18.1 Å². The number of hydrogen-bond acceptors (Lipinski definition) is 3. The average Bonchev–Trinajstić information content (AvgIpc) is 3.25. The highest BCUT2D eigenvalue weighted by Gasteiger charge is 2.21. The molecule has 0 aliphatic carbocycles. The van der Waals surface area contributed by atoms with Crippen molar-refractivity contribution in [2.24, 2.45) is 7.05 Å². The van der Waals surface area contributed by atoms with Crippen molar-refractivity contribution in [2.45, 2.75) is 19.0 Å². The van der Waals surface area contributed by atoms with E-state index in [1.54, 1.807) is 18.5 Å². The van der Waals surface area contributed by atoms with Crippen LogP contribution in [0.1, 0.15) is 36.2 Å². The van der Waals surface area contributed by atoms with Gasteiger partial charge in [0.15, 0.2) is 0 Å². The minimum atomic E-state index is -0.338. The Balaban J connectivity index is 1.77. The zero-order valence-corrected chi connectivity index (χ0v) is 13.6. The smallest absolute Gasteiger partial charge is 0.316 e. The van der Waals surface area contributed by atoms with Crippen LogP contribution < -0.4 is 10.6 Å². The van der Waals surface area contributed by atoms with Crippen LogP contribution in [-0.2, 0) is 7.05 Å². The van der Waals surface area contributed by atoms with Gasteiger partial charge in [0.25, 0.3) is 0 Å². The van der Waals surface area contributed by atoms with Gasteiger partial charge in [0, 0.05) is 19.4 Å². The lowest BCUT2D eigenvalue weighted by Gasteiger charge is -2.21. The second-order valence-corrected chi connectivity index (χ2v) is 5.59. The van der Waals surface area contributed by atoms with Gasteiger partial charge in [0.05, 0.1) is 12.3 Å². The van der Waals surface area contributed by atoms with Crippen molar-refractivity contribution < 1.29 is 9.21 Å². The number of imidazole rings is 1. The number of nitrogens with one attached hydrogen (secondary N) is 2. The van der Waals surface area contributed by atoms with Gasteiger partial charge in [-0.05, 0) is 24.6 Å². The van der Waals surface area contributed by atoms with E-state index in [1.807, 2.05) is 61.1 Å². The predicted octanol–water partition coefficient (Wildman–Crippen LogP) is 3.16. The number of aromatic nitrogens is 2. The standard InChI is InChI=1S/C18H20N4O2/c1-13(15-9-6-12-24-15)20-18(23)21-16(14-7-4-3-5-8-14)17-19-10-11-22(17)2/h3-13,16H,1-2H3,(H2,20,21,23)/t13-,16-/m1/s1. The van der Waals surface area contributed by atoms with E-state index < -0.39 is 0 Å². The molecule has 124 valence electrons. The molecule has 2 aromatic heterocycles. The quantitative estimate of drug-likeness (QED) is 0.757. The SMILES string of the molecule is C[C@@H](NC(=O)N[C@H](c1ccccc1)c1nccn1C)c1ccco1. The fourth-order valence-electron chi connectivity index (χ4n) is 2.58. The number of carbonyl (C=O) groups excluding carboxylic acids is 1. The molecule has 0 saturated heterocycles. The molecule has 0 unspecified atom stereocenters. The normalized spacial score (nSPS) is 13.2. The number of urea groups is 1. The summed E-state index contributed by atoms with van der Waals surface area (Å²) in [6.07, 6.45) is 5.17. The summed E-state index contributed by atoms with van der Waals surface area (Å²) in [6.45, 7) is 1.87. The molecule has 0 aliphatic heterocycles. The van der Waals surface area contributed by atoms with Crippen molar-refractivity contribution in [1.82, 2.24) is 20.2 Å². The van der Waals surface area contributed by atoms with E-state index >= 15 is 0 Å². The molecule has 0 fully saturated rings.